The molecular formula is C12H10F9N. The van der Waals surface area contributed by atoms with Crippen molar-refractivity contribution in [2.75, 3.05) is 19.0 Å². The summed E-state index contributed by atoms with van der Waals surface area (Å²) in [6, 6.07) is 2.81. The first-order valence-electron chi connectivity index (χ1n) is 5.64. The molecule has 0 fully saturated rings. The van der Waals surface area contributed by atoms with Crippen molar-refractivity contribution in [1.29, 1.82) is 0 Å². The van der Waals surface area contributed by atoms with Crippen LogP contribution in [-0.2, 0) is 5.92 Å². The Bertz CT molecular complexity index is 534. The second kappa shape index (κ2) is 5.24. The normalized spacial score (nSPS) is 14.1. The quantitative estimate of drug-likeness (QED) is 0.720. The van der Waals surface area contributed by atoms with E-state index in [1.807, 2.05) is 0 Å². The van der Waals surface area contributed by atoms with Crippen LogP contribution in [-0.4, -0.2) is 32.1 Å². The molecule has 0 aliphatic heterocycles. The minimum Gasteiger partial charge on any atom is -0.378 e. The van der Waals surface area contributed by atoms with Gasteiger partial charge in [-0.3, -0.25) is 0 Å². The van der Waals surface area contributed by atoms with Gasteiger partial charge in [-0.25, -0.2) is 0 Å². The zero-order valence-electron chi connectivity index (χ0n) is 11.2. The Labute approximate surface area is 119 Å². The monoisotopic (exact) mass is 339 g/mol. The van der Waals surface area contributed by atoms with Crippen LogP contribution < -0.4 is 4.90 Å². The molecule has 0 amide bonds. The van der Waals surface area contributed by atoms with Crippen LogP contribution in [0.1, 0.15) is 5.56 Å². The van der Waals surface area contributed by atoms with E-state index in [0.29, 0.717) is 12.1 Å². The molecule has 0 atom stereocenters. The molecule has 1 aromatic carbocycles. The first-order chi connectivity index (χ1) is 9.66. The predicted molar refractivity (Wildman–Crippen MR) is 60.6 cm³/mol. The molecule has 0 N–H and O–H groups in total. The largest absolute Gasteiger partial charge is 0.460 e. The van der Waals surface area contributed by atoms with Gasteiger partial charge in [-0.05, 0) is 12.1 Å². The lowest BCUT2D eigenvalue weighted by atomic mass is 9.96. The van der Waals surface area contributed by atoms with E-state index in [1.165, 1.54) is 25.1 Å². The maximum Gasteiger partial charge on any atom is 0.460 e. The number of benzene rings is 1. The van der Waals surface area contributed by atoms with Gasteiger partial charge in [-0.1, -0.05) is 12.1 Å². The average Bonchev–Trinajstić information content (AvgIpc) is 2.37. The maximum absolute atomic E-state index is 13.7. The summed E-state index contributed by atoms with van der Waals surface area (Å²) in [7, 11) is 2.69. The Balaban J connectivity index is 3.42. The lowest BCUT2D eigenvalue weighted by Gasteiger charge is -2.34. The SMILES string of the molecule is CN(C)c1cccc(C(F)(F)C(F)(F)C(F)(F)C(F)(F)F)c1. The minimum atomic E-state index is -6.89. The molecule has 22 heavy (non-hydrogen) atoms. The summed E-state index contributed by atoms with van der Waals surface area (Å²) in [5, 5.41) is 0. The van der Waals surface area contributed by atoms with E-state index >= 15 is 0 Å². The van der Waals surface area contributed by atoms with Crippen molar-refractivity contribution < 1.29 is 39.5 Å². The van der Waals surface area contributed by atoms with Crippen LogP contribution in [0.15, 0.2) is 24.3 Å². The highest BCUT2D eigenvalue weighted by atomic mass is 19.4. The van der Waals surface area contributed by atoms with E-state index in [9.17, 15) is 39.5 Å². The third kappa shape index (κ3) is 2.70. The van der Waals surface area contributed by atoms with E-state index in [-0.39, 0.29) is 5.69 Å². The summed E-state index contributed by atoms with van der Waals surface area (Å²) >= 11 is 0. The molecule has 1 rings (SSSR count). The van der Waals surface area contributed by atoms with Gasteiger partial charge in [0.25, 0.3) is 0 Å². The van der Waals surface area contributed by atoms with E-state index in [0.717, 1.165) is 6.07 Å². The lowest BCUT2D eigenvalue weighted by molar-refractivity contribution is -0.399. The second-order valence-corrected chi connectivity index (χ2v) is 4.67. The van der Waals surface area contributed by atoms with Gasteiger partial charge in [0.05, 0.1) is 0 Å². The van der Waals surface area contributed by atoms with E-state index in [4.69, 9.17) is 0 Å². The molecule has 0 spiro atoms. The molecular weight excluding hydrogens is 329 g/mol. The Morgan fingerprint density at radius 2 is 1.27 bits per heavy atom. The standard InChI is InChI=1S/C12H10F9N/c1-22(2)8-5-3-4-7(6-8)9(13,14)10(15,16)11(17,18)12(19,20)21/h3-6H,1-2H3. The highest BCUT2D eigenvalue weighted by Crippen LogP contribution is 2.56. The third-order valence-electron chi connectivity index (χ3n) is 2.87. The first-order valence-corrected chi connectivity index (χ1v) is 5.64. The summed E-state index contributed by atoms with van der Waals surface area (Å²) in [6.07, 6.45) is -6.82. The zero-order chi connectivity index (χ0) is 17.6. The molecule has 1 aromatic rings. The van der Waals surface area contributed by atoms with E-state index in [1.54, 1.807) is 0 Å². The highest BCUT2D eigenvalue weighted by molar-refractivity contribution is 5.48. The first kappa shape index (κ1) is 18.4. The number of anilines is 1. The topological polar surface area (TPSA) is 3.24 Å². The molecule has 0 aliphatic carbocycles. The van der Waals surface area contributed by atoms with Crippen LogP contribution in [0, 0.1) is 0 Å². The van der Waals surface area contributed by atoms with Crippen LogP contribution in [0.2, 0.25) is 0 Å². The fourth-order valence-corrected chi connectivity index (χ4v) is 1.54. The summed E-state index contributed by atoms with van der Waals surface area (Å²) in [4.78, 5) is 1.19. The molecule has 0 bridgehead atoms. The maximum atomic E-state index is 13.7. The van der Waals surface area contributed by atoms with Gasteiger partial charge in [0.15, 0.2) is 0 Å². The number of hydrogen-bond acceptors (Lipinski definition) is 1. The number of hydrogen-bond donors (Lipinski definition) is 0. The van der Waals surface area contributed by atoms with Crippen LogP contribution in [0.3, 0.4) is 0 Å². The molecule has 126 valence electrons. The van der Waals surface area contributed by atoms with Crippen molar-refractivity contribution in [2.24, 2.45) is 0 Å². The van der Waals surface area contributed by atoms with Crippen LogP contribution >= 0.6 is 0 Å². The molecule has 0 unspecified atom stereocenters. The number of nitrogens with zero attached hydrogens (tertiary/aromatic N) is 1. The van der Waals surface area contributed by atoms with Crippen molar-refractivity contribution in [2.45, 2.75) is 23.9 Å². The molecule has 0 aromatic heterocycles. The summed E-state index contributed by atoms with van der Waals surface area (Å²) in [5.74, 6) is -19.3. The van der Waals surface area contributed by atoms with Gasteiger partial charge in [-0.2, -0.15) is 39.5 Å². The van der Waals surface area contributed by atoms with Crippen molar-refractivity contribution in [3.05, 3.63) is 29.8 Å². The van der Waals surface area contributed by atoms with Crippen LogP contribution in [0.4, 0.5) is 45.2 Å². The van der Waals surface area contributed by atoms with Gasteiger partial charge in [0.1, 0.15) is 0 Å². The van der Waals surface area contributed by atoms with Crippen molar-refractivity contribution in [3.63, 3.8) is 0 Å². The average molecular weight is 339 g/mol. The van der Waals surface area contributed by atoms with Crippen molar-refractivity contribution >= 4 is 5.69 Å². The fourth-order valence-electron chi connectivity index (χ4n) is 1.54. The second-order valence-electron chi connectivity index (χ2n) is 4.67. The van der Waals surface area contributed by atoms with Gasteiger partial charge >= 0.3 is 23.9 Å². The van der Waals surface area contributed by atoms with Gasteiger partial charge in [0.2, 0.25) is 0 Å². The fraction of sp³-hybridized carbons (Fsp3) is 0.500. The third-order valence-corrected chi connectivity index (χ3v) is 2.87. The zero-order valence-corrected chi connectivity index (χ0v) is 11.2. The van der Waals surface area contributed by atoms with Crippen LogP contribution in [0.5, 0.6) is 0 Å². The smallest absolute Gasteiger partial charge is 0.378 e. The molecule has 0 aliphatic rings. The Morgan fingerprint density at radius 1 is 0.773 bits per heavy atom. The van der Waals surface area contributed by atoms with Gasteiger partial charge < -0.3 is 4.90 Å². The lowest BCUT2D eigenvalue weighted by Crippen LogP contribution is -2.59. The molecule has 0 saturated heterocycles. The number of rotatable bonds is 4. The molecule has 0 radical (unpaired) electrons. The molecule has 0 heterocycles. The Kier molecular flexibility index (Phi) is 4.39. The molecule has 0 saturated carbocycles. The van der Waals surface area contributed by atoms with Crippen molar-refractivity contribution in [1.82, 2.24) is 0 Å². The predicted octanol–water partition coefficient (Wildman–Crippen LogP) is 4.68. The number of alkyl halides is 9. The summed E-state index contributed by atoms with van der Waals surface area (Å²) in [5.41, 5.74) is -1.71. The summed E-state index contributed by atoms with van der Waals surface area (Å²) < 4.78 is 115. The van der Waals surface area contributed by atoms with Crippen molar-refractivity contribution in [3.8, 4) is 0 Å². The molecule has 10 heteroatoms. The van der Waals surface area contributed by atoms with Crippen LogP contribution in [0.25, 0.3) is 0 Å². The molecule has 1 nitrogen and oxygen atoms in total. The number of halogens is 9. The Morgan fingerprint density at radius 3 is 1.68 bits per heavy atom. The minimum absolute atomic E-state index is 0.0664. The van der Waals surface area contributed by atoms with E-state index in [2.05, 4.69) is 0 Å². The highest BCUT2D eigenvalue weighted by Gasteiger charge is 2.82. The summed E-state index contributed by atoms with van der Waals surface area (Å²) in [6.45, 7) is 0. The van der Waals surface area contributed by atoms with Gasteiger partial charge in [0, 0.05) is 25.3 Å². The Hall–Kier alpha value is -1.61. The van der Waals surface area contributed by atoms with Gasteiger partial charge in [-0.15, -0.1) is 0 Å². The van der Waals surface area contributed by atoms with E-state index < -0.39 is 29.5 Å².